The Labute approximate surface area is 107 Å². The second kappa shape index (κ2) is 6.30. The van der Waals surface area contributed by atoms with E-state index in [9.17, 15) is 20.4 Å². The Balaban J connectivity index is 1.93. The molecule has 2 aliphatic rings. The lowest BCUT2D eigenvalue weighted by molar-refractivity contribution is -0.192. The van der Waals surface area contributed by atoms with Crippen LogP contribution in [0.3, 0.4) is 0 Å². The summed E-state index contributed by atoms with van der Waals surface area (Å²) in [5.74, 6) is -0.419. The van der Waals surface area contributed by atoms with E-state index in [4.69, 9.17) is 4.74 Å². The van der Waals surface area contributed by atoms with Crippen molar-refractivity contribution in [1.29, 1.82) is 0 Å². The zero-order valence-corrected chi connectivity index (χ0v) is 10.6. The number of aliphatic hydroxyl groups excluding tert-OH is 4. The van der Waals surface area contributed by atoms with Gasteiger partial charge in [0.1, 0.15) is 12.2 Å². The van der Waals surface area contributed by atoms with Gasteiger partial charge in [0, 0.05) is 12.5 Å². The molecular formula is C13H24O5. The maximum absolute atomic E-state index is 9.94. The molecule has 0 saturated heterocycles. The summed E-state index contributed by atoms with van der Waals surface area (Å²) in [6.45, 7) is -0.199. The molecular weight excluding hydrogens is 236 g/mol. The van der Waals surface area contributed by atoms with Crippen molar-refractivity contribution in [3.05, 3.63) is 0 Å². The van der Waals surface area contributed by atoms with Crippen LogP contribution in [0.5, 0.6) is 0 Å². The van der Waals surface area contributed by atoms with Gasteiger partial charge in [-0.15, -0.1) is 0 Å². The van der Waals surface area contributed by atoms with Crippen molar-refractivity contribution in [2.45, 2.75) is 69.0 Å². The zero-order chi connectivity index (χ0) is 13.1. The van der Waals surface area contributed by atoms with Crippen molar-refractivity contribution in [3.63, 3.8) is 0 Å². The predicted molar refractivity (Wildman–Crippen MR) is 65.0 cm³/mol. The van der Waals surface area contributed by atoms with Crippen LogP contribution >= 0.6 is 0 Å². The quantitative estimate of drug-likeness (QED) is 0.564. The fourth-order valence-corrected chi connectivity index (χ4v) is 3.05. The Morgan fingerprint density at radius 2 is 1.56 bits per heavy atom. The molecule has 2 rings (SSSR count). The van der Waals surface area contributed by atoms with Crippen LogP contribution in [0.25, 0.3) is 0 Å². The van der Waals surface area contributed by atoms with Crippen LogP contribution in [0.4, 0.5) is 0 Å². The zero-order valence-electron chi connectivity index (χ0n) is 10.6. The SMILES string of the molecule is OCC1CC(OC2CCCCC2)C(O)C(O)C1O. The van der Waals surface area contributed by atoms with E-state index in [1.807, 2.05) is 0 Å². The third-order valence-electron chi connectivity index (χ3n) is 4.25. The second-order valence-corrected chi connectivity index (χ2v) is 5.58. The van der Waals surface area contributed by atoms with Gasteiger partial charge < -0.3 is 25.2 Å². The summed E-state index contributed by atoms with van der Waals surface area (Å²) in [5, 5.41) is 38.6. The van der Waals surface area contributed by atoms with E-state index in [2.05, 4.69) is 0 Å². The molecule has 2 saturated carbocycles. The molecule has 0 bridgehead atoms. The first kappa shape index (κ1) is 14.2. The topological polar surface area (TPSA) is 90.2 Å². The summed E-state index contributed by atoms with van der Waals surface area (Å²) in [5.41, 5.74) is 0. The Kier molecular flexibility index (Phi) is 4.98. The second-order valence-electron chi connectivity index (χ2n) is 5.58. The van der Waals surface area contributed by atoms with Crippen molar-refractivity contribution >= 4 is 0 Å². The van der Waals surface area contributed by atoms with E-state index < -0.39 is 30.3 Å². The maximum Gasteiger partial charge on any atom is 0.109 e. The van der Waals surface area contributed by atoms with Crippen molar-refractivity contribution in [3.8, 4) is 0 Å². The standard InChI is InChI=1S/C13H24O5/c14-7-8-6-10(12(16)13(17)11(8)15)18-9-4-2-1-3-5-9/h8-17H,1-7H2. The van der Waals surface area contributed by atoms with E-state index in [0.29, 0.717) is 6.42 Å². The van der Waals surface area contributed by atoms with E-state index in [-0.39, 0.29) is 12.7 Å². The highest BCUT2D eigenvalue weighted by molar-refractivity contribution is 4.93. The van der Waals surface area contributed by atoms with E-state index in [1.54, 1.807) is 0 Å². The van der Waals surface area contributed by atoms with Crippen LogP contribution in [0.1, 0.15) is 38.5 Å². The van der Waals surface area contributed by atoms with Gasteiger partial charge in [-0.3, -0.25) is 0 Å². The molecule has 5 heteroatoms. The van der Waals surface area contributed by atoms with Gasteiger partial charge in [0.25, 0.3) is 0 Å². The lowest BCUT2D eigenvalue weighted by atomic mass is 9.81. The van der Waals surface area contributed by atoms with Crippen molar-refractivity contribution < 1.29 is 25.2 Å². The molecule has 0 aromatic rings. The monoisotopic (exact) mass is 260 g/mol. The van der Waals surface area contributed by atoms with E-state index >= 15 is 0 Å². The van der Waals surface area contributed by atoms with Crippen molar-refractivity contribution in [1.82, 2.24) is 0 Å². The Morgan fingerprint density at radius 1 is 0.889 bits per heavy atom. The molecule has 0 radical (unpaired) electrons. The molecule has 5 unspecified atom stereocenters. The number of aliphatic hydroxyl groups is 4. The molecule has 4 N–H and O–H groups in total. The molecule has 0 aliphatic heterocycles. The van der Waals surface area contributed by atoms with Crippen LogP contribution in [-0.2, 0) is 4.74 Å². The fourth-order valence-electron chi connectivity index (χ4n) is 3.05. The summed E-state index contributed by atoms with van der Waals surface area (Å²) < 4.78 is 5.86. The highest BCUT2D eigenvalue weighted by Gasteiger charge is 2.43. The molecule has 106 valence electrons. The van der Waals surface area contributed by atoms with Crippen LogP contribution < -0.4 is 0 Å². The summed E-state index contributed by atoms with van der Waals surface area (Å²) >= 11 is 0. The Bertz CT molecular complexity index is 252. The molecule has 0 aromatic heterocycles. The van der Waals surface area contributed by atoms with Gasteiger partial charge in [-0.2, -0.15) is 0 Å². The minimum absolute atomic E-state index is 0.139. The van der Waals surface area contributed by atoms with Gasteiger partial charge in [0.15, 0.2) is 0 Å². The lowest BCUT2D eigenvalue weighted by Gasteiger charge is -2.41. The smallest absolute Gasteiger partial charge is 0.109 e. The van der Waals surface area contributed by atoms with Crippen molar-refractivity contribution in [2.24, 2.45) is 5.92 Å². The first-order valence-electron chi connectivity index (χ1n) is 6.94. The van der Waals surface area contributed by atoms with Crippen LogP contribution in [0.15, 0.2) is 0 Å². The van der Waals surface area contributed by atoms with Gasteiger partial charge >= 0.3 is 0 Å². The van der Waals surface area contributed by atoms with Crippen LogP contribution in [0, 0.1) is 5.92 Å². The molecule has 0 spiro atoms. The molecule has 5 atom stereocenters. The minimum Gasteiger partial charge on any atom is -0.396 e. The summed E-state index contributed by atoms with van der Waals surface area (Å²) in [6.07, 6.45) is 2.18. The maximum atomic E-state index is 9.94. The molecule has 18 heavy (non-hydrogen) atoms. The largest absolute Gasteiger partial charge is 0.396 e. The first-order chi connectivity index (χ1) is 8.63. The molecule has 0 heterocycles. The average Bonchev–Trinajstić information content (AvgIpc) is 2.40. The molecule has 0 aromatic carbocycles. The average molecular weight is 260 g/mol. The van der Waals surface area contributed by atoms with Crippen molar-refractivity contribution in [2.75, 3.05) is 6.61 Å². The highest BCUT2D eigenvalue weighted by atomic mass is 16.5. The normalized spacial score (nSPS) is 43.0. The number of hydrogen-bond donors (Lipinski definition) is 4. The number of ether oxygens (including phenoxy) is 1. The minimum atomic E-state index is -1.23. The third kappa shape index (κ3) is 3.03. The van der Waals surface area contributed by atoms with Crippen LogP contribution in [0.2, 0.25) is 0 Å². The van der Waals surface area contributed by atoms with Crippen LogP contribution in [-0.4, -0.2) is 57.6 Å². The fraction of sp³-hybridized carbons (Fsp3) is 1.00. The Morgan fingerprint density at radius 3 is 2.17 bits per heavy atom. The summed E-state index contributed by atoms with van der Waals surface area (Å²) in [7, 11) is 0. The third-order valence-corrected chi connectivity index (χ3v) is 4.25. The highest BCUT2D eigenvalue weighted by Crippen LogP contribution is 2.31. The van der Waals surface area contributed by atoms with Gasteiger partial charge in [-0.25, -0.2) is 0 Å². The van der Waals surface area contributed by atoms with E-state index in [0.717, 1.165) is 25.7 Å². The first-order valence-corrected chi connectivity index (χ1v) is 6.94. The molecule has 2 aliphatic carbocycles. The van der Waals surface area contributed by atoms with Gasteiger partial charge in [0.05, 0.1) is 18.3 Å². The molecule has 2 fully saturated rings. The number of rotatable bonds is 3. The lowest BCUT2D eigenvalue weighted by Crippen LogP contribution is -2.55. The Hall–Kier alpha value is -0.200. The number of hydrogen-bond acceptors (Lipinski definition) is 5. The van der Waals surface area contributed by atoms with E-state index in [1.165, 1.54) is 6.42 Å². The molecule has 0 amide bonds. The van der Waals surface area contributed by atoms with Gasteiger partial charge in [0.2, 0.25) is 0 Å². The molecule has 5 nitrogen and oxygen atoms in total. The summed E-state index contributed by atoms with van der Waals surface area (Å²) in [6, 6.07) is 0. The predicted octanol–water partition coefficient (Wildman–Crippen LogP) is -0.201. The van der Waals surface area contributed by atoms with Gasteiger partial charge in [-0.1, -0.05) is 19.3 Å². The summed E-state index contributed by atoms with van der Waals surface area (Å²) in [4.78, 5) is 0. The van der Waals surface area contributed by atoms with Gasteiger partial charge in [-0.05, 0) is 19.3 Å².